The molecule has 0 atom stereocenters. The molecule has 0 radical (unpaired) electrons. The standard InChI is InChI=1S/C18H20ClN3OS/c19-14-7-2-1-4-13(14)10-22-9-8-15-16(11-22)24-18(20-15)21-17(23)12-5-3-6-12/h1-2,4,7,12H,3,5-6,8-11H2,(H,20,21,23). The van der Waals surface area contributed by atoms with Crippen LogP contribution in [0.5, 0.6) is 0 Å². The van der Waals surface area contributed by atoms with Crippen molar-refractivity contribution >= 4 is 34.0 Å². The lowest BCUT2D eigenvalue weighted by atomic mass is 9.85. The molecule has 6 heteroatoms. The van der Waals surface area contributed by atoms with Crippen molar-refractivity contribution in [1.29, 1.82) is 0 Å². The van der Waals surface area contributed by atoms with Gasteiger partial charge >= 0.3 is 0 Å². The first kappa shape index (κ1) is 16.1. The van der Waals surface area contributed by atoms with E-state index in [1.54, 1.807) is 11.3 Å². The van der Waals surface area contributed by atoms with Crippen LogP contribution in [-0.4, -0.2) is 22.3 Å². The first-order chi connectivity index (χ1) is 11.7. The van der Waals surface area contributed by atoms with E-state index in [1.807, 2.05) is 18.2 Å². The topological polar surface area (TPSA) is 45.2 Å². The largest absolute Gasteiger partial charge is 0.302 e. The Balaban J connectivity index is 1.41. The van der Waals surface area contributed by atoms with Crippen LogP contribution in [-0.2, 0) is 24.3 Å². The Hall–Kier alpha value is -1.43. The molecule has 4 nitrogen and oxygen atoms in total. The molecule has 1 aromatic heterocycles. The number of amides is 1. The van der Waals surface area contributed by atoms with Crippen molar-refractivity contribution in [3.05, 3.63) is 45.4 Å². The molecule has 0 bridgehead atoms. The third-order valence-electron chi connectivity index (χ3n) is 4.87. The quantitative estimate of drug-likeness (QED) is 0.891. The van der Waals surface area contributed by atoms with E-state index in [4.69, 9.17) is 11.6 Å². The highest BCUT2D eigenvalue weighted by atomic mass is 35.5. The Labute approximate surface area is 150 Å². The van der Waals surface area contributed by atoms with Crippen molar-refractivity contribution < 1.29 is 4.79 Å². The van der Waals surface area contributed by atoms with Crippen LogP contribution >= 0.6 is 22.9 Å². The second-order valence-corrected chi connectivity index (χ2v) is 8.05. The highest BCUT2D eigenvalue weighted by molar-refractivity contribution is 7.15. The molecule has 1 saturated carbocycles. The molecular formula is C18H20ClN3OS. The van der Waals surface area contributed by atoms with Gasteiger partial charge in [-0.3, -0.25) is 9.69 Å². The van der Waals surface area contributed by atoms with E-state index >= 15 is 0 Å². The van der Waals surface area contributed by atoms with Crippen molar-refractivity contribution in [2.24, 2.45) is 5.92 Å². The smallest absolute Gasteiger partial charge is 0.229 e. The third kappa shape index (κ3) is 3.34. The first-order valence-corrected chi connectivity index (χ1v) is 9.63. The Morgan fingerprint density at radius 3 is 2.96 bits per heavy atom. The number of anilines is 1. The molecule has 4 rings (SSSR count). The molecule has 126 valence electrons. The number of nitrogens with zero attached hydrogens (tertiary/aromatic N) is 2. The molecule has 1 amide bonds. The summed E-state index contributed by atoms with van der Waals surface area (Å²) in [7, 11) is 0. The summed E-state index contributed by atoms with van der Waals surface area (Å²) in [4.78, 5) is 20.4. The summed E-state index contributed by atoms with van der Waals surface area (Å²) < 4.78 is 0. The fourth-order valence-electron chi connectivity index (χ4n) is 3.18. The Morgan fingerprint density at radius 1 is 1.38 bits per heavy atom. The van der Waals surface area contributed by atoms with Gasteiger partial charge in [0.15, 0.2) is 5.13 Å². The zero-order valence-corrected chi connectivity index (χ0v) is 15.0. The third-order valence-corrected chi connectivity index (χ3v) is 6.23. The number of nitrogens with one attached hydrogen (secondary N) is 1. The summed E-state index contributed by atoms with van der Waals surface area (Å²) in [5.41, 5.74) is 2.30. The first-order valence-electron chi connectivity index (χ1n) is 8.44. The normalized spacial score (nSPS) is 18.0. The number of rotatable bonds is 4. The maximum absolute atomic E-state index is 12.1. The number of benzene rings is 1. The number of hydrogen-bond donors (Lipinski definition) is 1. The van der Waals surface area contributed by atoms with Crippen molar-refractivity contribution in [3.63, 3.8) is 0 Å². The fraction of sp³-hybridized carbons (Fsp3) is 0.444. The van der Waals surface area contributed by atoms with Crippen molar-refractivity contribution in [2.75, 3.05) is 11.9 Å². The van der Waals surface area contributed by atoms with Crippen LogP contribution < -0.4 is 5.32 Å². The summed E-state index contributed by atoms with van der Waals surface area (Å²) >= 11 is 7.89. The van der Waals surface area contributed by atoms with Gasteiger partial charge in [0, 0.05) is 41.9 Å². The van der Waals surface area contributed by atoms with E-state index in [9.17, 15) is 4.79 Å². The average Bonchev–Trinajstić information content (AvgIpc) is 2.89. The van der Waals surface area contributed by atoms with E-state index in [2.05, 4.69) is 21.3 Å². The van der Waals surface area contributed by atoms with Gasteiger partial charge in [0.1, 0.15) is 0 Å². The second-order valence-electron chi connectivity index (χ2n) is 6.56. The fourth-order valence-corrected chi connectivity index (χ4v) is 4.43. The molecule has 24 heavy (non-hydrogen) atoms. The van der Waals surface area contributed by atoms with Crippen LogP contribution in [0.4, 0.5) is 5.13 Å². The number of carbonyl (C=O) groups is 1. The number of thiazole rings is 1. The monoisotopic (exact) mass is 361 g/mol. The predicted molar refractivity (Wildman–Crippen MR) is 97.4 cm³/mol. The number of hydrogen-bond acceptors (Lipinski definition) is 4. The zero-order valence-electron chi connectivity index (χ0n) is 13.4. The molecule has 0 spiro atoms. The highest BCUT2D eigenvalue weighted by Crippen LogP contribution is 2.32. The molecule has 2 heterocycles. The summed E-state index contributed by atoms with van der Waals surface area (Å²) in [6, 6.07) is 8.00. The maximum Gasteiger partial charge on any atom is 0.229 e. The minimum Gasteiger partial charge on any atom is -0.302 e. The van der Waals surface area contributed by atoms with E-state index in [0.29, 0.717) is 0 Å². The van der Waals surface area contributed by atoms with E-state index in [-0.39, 0.29) is 11.8 Å². The SMILES string of the molecule is O=C(Nc1nc2c(s1)CN(Cc1ccccc1Cl)CC2)C1CCC1. The summed E-state index contributed by atoms with van der Waals surface area (Å²) in [5, 5.41) is 4.58. The Kier molecular flexibility index (Phi) is 4.57. The van der Waals surface area contributed by atoms with Crippen molar-refractivity contribution in [2.45, 2.75) is 38.8 Å². The van der Waals surface area contributed by atoms with Gasteiger partial charge in [0.25, 0.3) is 0 Å². The maximum atomic E-state index is 12.1. The Bertz CT molecular complexity index is 756. The number of fused-ring (bicyclic) bond motifs is 1. The second kappa shape index (κ2) is 6.82. The minimum atomic E-state index is 0.139. The van der Waals surface area contributed by atoms with Crippen molar-refractivity contribution in [1.82, 2.24) is 9.88 Å². The molecule has 2 aliphatic rings. The van der Waals surface area contributed by atoms with Gasteiger partial charge in [-0.1, -0.05) is 36.2 Å². The summed E-state index contributed by atoms with van der Waals surface area (Å²) in [6.07, 6.45) is 4.13. The zero-order chi connectivity index (χ0) is 16.5. The molecule has 1 N–H and O–H groups in total. The Morgan fingerprint density at radius 2 is 2.21 bits per heavy atom. The molecule has 1 fully saturated rings. The molecule has 1 aromatic carbocycles. The lowest BCUT2D eigenvalue weighted by molar-refractivity contribution is -0.122. The van der Waals surface area contributed by atoms with Gasteiger partial charge in [-0.15, -0.1) is 11.3 Å². The van der Waals surface area contributed by atoms with E-state index in [0.717, 1.165) is 60.3 Å². The van der Waals surface area contributed by atoms with Gasteiger partial charge in [-0.05, 0) is 24.5 Å². The van der Waals surface area contributed by atoms with Gasteiger partial charge in [0.05, 0.1) is 5.69 Å². The van der Waals surface area contributed by atoms with Crippen LogP contribution in [0.25, 0.3) is 0 Å². The number of aromatic nitrogens is 1. The van der Waals surface area contributed by atoms with Crippen LogP contribution in [0, 0.1) is 5.92 Å². The average molecular weight is 362 g/mol. The van der Waals surface area contributed by atoms with Gasteiger partial charge in [0.2, 0.25) is 5.91 Å². The van der Waals surface area contributed by atoms with Gasteiger partial charge < -0.3 is 5.32 Å². The summed E-state index contributed by atoms with van der Waals surface area (Å²) in [6.45, 7) is 2.69. The molecular weight excluding hydrogens is 342 g/mol. The number of carbonyl (C=O) groups excluding carboxylic acids is 1. The molecule has 1 aliphatic carbocycles. The van der Waals surface area contributed by atoms with Crippen LogP contribution in [0.2, 0.25) is 5.02 Å². The molecule has 0 saturated heterocycles. The van der Waals surface area contributed by atoms with Crippen molar-refractivity contribution in [3.8, 4) is 0 Å². The van der Waals surface area contributed by atoms with Crippen LogP contribution in [0.15, 0.2) is 24.3 Å². The van der Waals surface area contributed by atoms with Crippen LogP contribution in [0.3, 0.4) is 0 Å². The summed E-state index contributed by atoms with van der Waals surface area (Å²) in [5.74, 6) is 0.336. The van der Waals surface area contributed by atoms with Crippen LogP contribution in [0.1, 0.15) is 35.4 Å². The molecule has 0 unspecified atom stereocenters. The van der Waals surface area contributed by atoms with Gasteiger partial charge in [-0.25, -0.2) is 4.98 Å². The van der Waals surface area contributed by atoms with E-state index < -0.39 is 0 Å². The number of halogens is 1. The highest BCUT2D eigenvalue weighted by Gasteiger charge is 2.27. The molecule has 2 aromatic rings. The van der Waals surface area contributed by atoms with E-state index in [1.165, 1.54) is 11.3 Å². The lowest BCUT2D eigenvalue weighted by Gasteiger charge is -2.26. The van der Waals surface area contributed by atoms with Gasteiger partial charge in [-0.2, -0.15) is 0 Å². The minimum absolute atomic E-state index is 0.139. The molecule has 1 aliphatic heterocycles. The predicted octanol–water partition coefficient (Wildman–Crippen LogP) is 4.09. The lowest BCUT2D eigenvalue weighted by Crippen LogP contribution is -2.29.